The lowest BCUT2D eigenvalue weighted by Gasteiger charge is -2.25. The lowest BCUT2D eigenvalue weighted by molar-refractivity contribution is 0.390. The molecule has 0 atom stereocenters. The molecule has 2 heterocycles. The maximum Gasteiger partial charge on any atom is 0.260 e. The van der Waals surface area contributed by atoms with Gasteiger partial charge in [-0.05, 0) is 38.3 Å². The molecule has 1 aromatic heterocycles. The Morgan fingerprint density at radius 2 is 1.90 bits per heavy atom. The van der Waals surface area contributed by atoms with E-state index in [4.69, 9.17) is 4.99 Å². The summed E-state index contributed by atoms with van der Waals surface area (Å²) >= 11 is 0. The smallest absolute Gasteiger partial charge is 0.260 e. The molecular formula is C25H30N4O. The third kappa shape index (κ3) is 4.30. The summed E-state index contributed by atoms with van der Waals surface area (Å²) in [5, 5.41) is 3.55. The van der Waals surface area contributed by atoms with Gasteiger partial charge in [0, 0.05) is 23.0 Å². The number of pyridine rings is 1. The van der Waals surface area contributed by atoms with Gasteiger partial charge in [0.15, 0.2) is 5.84 Å². The first-order chi connectivity index (χ1) is 14.5. The number of rotatable bonds is 6. The molecule has 0 unspecified atom stereocenters. The Hall–Kier alpha value is -2.95. The number of aromatic nitrogens is 1. The van der Waals surface area contributed by atoms with Crippen LogP contribution in [0.5, 0.6) is 0 Å². The summed E-state index contributed by atoms with van der Waals surface area (Å²) in [6.45, 7) is 9.08. The lowest BCUT2D eigenvalue weighted by Crippen LogP contribution is -2.35. The minimum Gasteiger partial charge on any atom is -0.385 e. The van der Waals surface area contributed by atoms with Crippen molar-refractivity contribution in [1.29, 1.82) is 0 Å². The second-order valence-electron chi connectivity index (χ2n) is 8.38. The Labute approximate surface area is 178 Å². The van der Waals surface area contributed by atoms with E-state index in [-0.39, 0.29) is 5.56 Å². The molecule has 156 valence electrons. The highest BCUT2D eigenvalue weighted by atomic mass is 16.1. The van der Waals surface area contributed by atoms with Crippen molar-refractivity contribution in [2.24, 2.45) is 9.98 Å². The van der Waals surface area contributed by atoms with Gasteiger partial charge in [-0.1, -0.05) is 56.2 Å². The van der Waals surface area contributed by atoms with Crippen LogP contribution in [-0.4, -0.2) is 28.7 Å². The Balaban J connectivity index is 1.58. The quantitative estimate of drug-likeness (QED) is 0.789. The lowest BCUT2D eigenvalue weighted by atomic mass is 9.95. The minimum atomic E-state index is -0.0117. The summed E-state index contributed by atoms with van der Waals surface area (Å²) in [5.41, 5.74) is 5.16. The van der Waals surface area contributed by atoms with Crippen LogP contribution in [0, 0.1) is 13.8 Å². The van der Waals surface area contributed by atoms with Crippen LogP contribution >= 0.6 is 0 Å². The highest BCUT2D eigenvalue weighted by Gasteiger charge is 2.21. The fraction of sp³-hybridized carbons (Fsp3) is 0.400. The predicted octanol–water partition coefficient (Wildman–Crippen LogP) is 4.15. The molecule has 1 N–H and O–H groups in total. The monoisotopic (exact) mass is 402 g/mol. The van der Waals surface area contributed by atoms with Crippen molar-refractivity contribution in [3.05, 3.63) is 81.4 Å². The SMILES string of the molecule is C=C(Cn1c(C)cc(C)c(C2=NC(c3ccccc3)=NC2)c1=O)NC1CCCCC1. The standard InChI is InChI=1S/C25H30N4O/c1-17-14-19(3)29(16-18(2)27-21-12-8-5-9-13-21)25(30)23(17)22-15-26-24(28-22)20-10-6-4-7-11-20/h4,6-7,10-11,14,21,27H,2,5,8-9,12-13,15-16H2,1,3H3. The van der Waals surface area contributed by atoms with Crippen molar-refractivity contribution in [3.8, 4) is 0 Å². The second-order valence-corrected chi connectivity index (χ2v) is 8.38. The van der Waals surface area contributed by atoms with Crippen LogP contribution in [0.2, 0.25) is 0 Å². The Morgan fingerprint density at radius 3 is 2.63 bits per heavy atom. The molecule has 0 saturated heterocycles. The topological polar surface area (TPSA) is 58.8 Å². The van der Waals surface area contributed by atoms with Gasteiger partial charge in [0.1, 0.15) is 0 Å². The largest absolute Gasteiger partial charge is 0.385 e. The van der Waals surface area contributed by atoms with Crippen molar-refractivity contribution in [1.82, 2.24) is 9.88 Å². The van der Waals surface area contributed by atoms with Gasteiger partial charge in [0.2, 0.25) is 0 Å². The average molecular weight is 403 g/mol. The second kappa shape index (κ2) is 8.82. The number of amidine groups is 1. The minimum absolute atomic E-state index is 0.0117. The third-order valence-electron chi connectivity index (χ3n) is 6.01. The molecule has 1 fully saturated rings. The first kappa shape index (κ1) is 20.3. The van der Waals surface area contributed by atoms with Crippen LogP contribution in [0.1, 0.15) is 54.5 Å². The zero-order valence-corrected chi connectivity index (χ0v) is 17.9. The third-order valence-corrected chi connectivity index (χ3v) is 6.01. The molecular weight excluding hydrogens is 372 g/mol. The molecule has 0 bridgehead atoms. The molecule has 1 aliphatic heterocycles. The van der Waals surface area contributed by atoms with Crippen LogP contribution in [0.25, 0.3) is 0 Å². The number of aliphatic imine (C=N–C) groups is 2. The van der Waals surface area contributed by atoms with E-state index in [9.17, 15) is 4.79 Å². The molecule has 30 heavy (non-hydrogen) atoms. The van der Waals surface area contributed by atoms with Crippen LogP contribution in [0.4, 0.5) is 0 Å². The van der Waals surface area contributed by atoms with Gasteiger partial charge in [-0.2, -0.15) is 0 Å². The van der Waals surface area contributed by atoms with Crippen LogP contribution in [0.15, 0.2) is 63.5 Å². The number of aryl methyl sites for hydroxylation is 2. The molecule has 5 heteroatoms. The molecule has 1 aliphatic carbocycles. The number of nitrogens with zero attached hydrogens (tertiary/aromatic N) is 3. The highest BCUT2D eigenvalue weighted by molar-refractivity contribution is 6.17. The van der Waals surface area contributed by atoms with Crippen molar-refractivity contribution in [2.75, 3.05) is 6.54 Å². The van der Waals surface area contributed by atoms with Gasteiger partial charge in [-0.25, -0.2) is 4.99 Å². The van der Waals surface area contributed by atoms with E-state index in [1.165, 1.54) is 32.1 Å². The van der Waals surface area contributed by atoms with Gasteiger partial charge in [-0.3, -0.25) is 9.79 Å². The number of hydrogen-bond donors (Lipinski definition) is 1. The number of nitrogens with one attached hydrogen (secondary N) is 1. The Morgan fingerprint density at radius 1 is 1.17 bits per heavy atom. The molecule has 2 aliphatic rings. The predicted molar refractivity (Wildman–Crippen MR) is 124 cm³/mol. The van der Waals surface area contributed by atoms with Crippen molar-refractivity contribution in [3.63, 3.8) is 0 Å². The molecule has 0 spiro atoms. The van der Waals surface area contributed by atoms with Gasteiger partial charge in [-0.15, -0.1) is 0 Å². The summed E-state index contributed by atoms with van der Waals surface area (Å²) in [4.78, 5) is 22.7. The molecule has 0 amide bonds. The van der Waals surface area contributed by atoms with Gasteiger partial charge in [0.25, 0.3) is 5.56 Å². The highest BCUT2D eigenvalue weighted by Crippen LogP contribution is 2.19. The van der Waals surface area contributed by atoms with E-state index in [2.05, 4.69) is 23.0 Å². The van der Waals surface area contributed by atoms with Crippen LogP contribution in [0.3, 0.4) is 0 Å². The fourth-order valence-electron chi connectivity index (χ4n) is 4.47. The maximum atomic E-state index is 13.4. The number of hydrogen-bond acceptors (Lipinski definition) is 4. The van der Waals surface area contributed by atoms with Gasteiger partial charge in [0.05, 0.1) is 24.4 Å². The summed E-state index contributed by atoms with van der Waals surface area (Å²) in [7, 11) is 0. The zero-order chi connectivity index (χ0) is 21.1. The molecule has 1 saturated carbocycles. The maximum absolute atomic E-state index is 13.4. The van der Waals surface area contributed by atoms with Crippen molar-refractivity contribution >= 4 is 11.5 Å². The van der Waals surface area contributed by atoms with E-state index >= 15 is 0 Å². The normalized spacial score (nSPS) is 16.9. The number of allylic oxidation sites excluding steroid dienone is 1. The van der Waals surface area contributed by atoms with Crippen molar-refractivity contribution in [2.45, 2.75) is 58.5 Å². The van der Waals surface area contributed by atoms with E-state index in [1.807, 2.05) is 48.7 Å². The number of benzene rings is 1. The van der Waals surface area contributed by atoms with E-state index < -0.39 is 0 Å². The molecule has 0 radical (unpaired) electrons. The molecule has 5 nitrogen and oxygen atoms in total. The van der Waals surface area contributed by atoms with E-state index in [1.54, 1.807) is 0 Å². The summed E-state index contributed by atoms with van der Waals surface area (Å²) < 4.78 is 1.81. The molecule has 2 aromatic rings. The summed E-state index contributed by atoms with van der Waals surface area (Å²) in [6.07, 6.45) is 6.22. The molecule has 1 aromatic carbocycles. The zero-order valence-electron chi connectivity index (χ0n) is 17.9. The van der Waals surface area contributed by atoms with Gasteiger partial charge < -0.3 is 9.88 Å². The van der Waals surface area contributed by atoms with Gasteiger partial charge >= 0.3 is 0 Å². The summed E-state index contributed by atoms with van der Waals surface area (Å²) in [6, 6.07) is 12.4. The Kier molecular flexibility index (Phi) is 5.98. The first-order valence-corrected chi connectivity index (χ1v) is 10.9. The van der Waals surface area contributed by atoms with Crippen LogP contribution < -0.4 is 10.9 Å². The van der Waals surface area contributed by atoms with Crippen LogP contribution in [-0.2, 0) is 6.54 Å². The summed E-state index contributed by atoms with van der Waals surface area (Å²) in [5.74, 6) is 0.694. The van der Waals surface area contributed by atoms with Crippen molar-refractivity contribution < 1.29 is 0 Å². The van der Waals surface area contributed by atoms with E-state index in [0.717, 1.165) is 28.2 Å². The Bertz CT molecular complexity index is 1060. The molecule has 4 rings (SSSR count). The average Bonchev–Trinajstić information content (AvgIpc) is 3.22. The first-order valence-electron chi connectivity index (χ1n) is 10.9. The fourth-order valence-corrected chi connectivity index (χ4v) is 4.47. The van der Waals surface area contributed by atoms with E-state index in [0.29, 0.717) is 30.5 Å².